The lowest BCUT2D eigenvalue weighted by Gasteiger charge is -2.26. The first kappa shape index (κ1) is 14.1. The lowest BCUT2D eigenvalue weighted by Crippen LogP contribution is -2.39. The standard InChI is InChI=1S/C16H22N2OS2/c1-2-13-12-7-17-6-11(12)8-18(13)16(19)15-5-10-9-20-4-3-14(10)21-15/h5,11-13,17H,2-4,6-9H2,1H3. The van der Waals surface area contributed by atoms with E-state index in [1.165, 1.54) is 16.2 Å². The Kier molecular flexibility index (Phi) is 3.76. The maximum atomic E-state index is 13.0. The molecule has 0 radical (unpaired) electrons. The van der Waals surface area contributed by atoms with Crippen LogP contribution in [0.5, 0.6) is 0 Å². The first-order chi connectivity index (χ1) is 10.3. The minimum atomic E-state index is 0.292. The summed E-state index contributed by atoms with van der Waals surface area (Å²) in [6.45, 7) is 5.35. The molecule has 114 valence electrons. The summed E-state index contributed by atoms with van der Waals surface area (Å²) >= 11 is 3.74. The molecule has 0 saturated carbocycles. The Labute approximate surface area is 134 Å². The van der Waals surface area contributed by atoms with E-state index < -0.39 is 0 Å². The molecule has 2 saturated heterocycles. The van der Waals surface area contributed by atoms with E-state index in [1.54, 1.807) is 11.3 Å². The van der Waals surface area contributed by atoms with Gasteiger partial charge in [0.15, 0.2) is 0 Å². The van der Waals surface area contributed by atoms with Crippen molar-refractivity contribution in [2.24, 2.45) is 11.8 Å². The molecule has 3 aliphatic heterocycles. The Morgan fingerprint density at radius 2 is 2.38 bits per heavy atom. The van der Waals surface area contributed by atoms with E-state index in [-0.39, 0.29) is 0 Å². The third kappa shape index (κ3) is 2.34. The summed E-state index contributed by atoms with van der Waals surface area (Å²) in [6.07, 6.45) is 2.22. The SMILES string of the molecule is CCC1C2CNCC2CN1C(=O)c1cc2c(s1)CCSC2. The van der Waals surface area contributed by atoms with Crippen molar-refractivity contribution in [2.45, 2.75) is 31.6 Å². The smallest absolute Gasteiger partial charge is 0.264 e. The number of thiophene rings is 1. The van der Waals surface area contributed by atoms with Crippen molar-refractivity contribution >= 4 is 29.0 Å². The van der Waals surface area contributed by atoms with Crippen LogP contribution < -0.4 is 5.32 Å². The molecule has 3 aliphatic rings. The Balaban J connectivity index is 1.58. The van der Waals surface area contributed by atoms with Crippen molar-refractivity contribution in [1.82, 2.24) is 10.2 Å². The van der Waals surface area contributed by atoms with Gasteiger partial charge in [0.2, 0.25) is 0 Å². The Morgan fingerprint density at radius 3 is 3.19 bits per heavy atom. The second-order valence-electron chi connectivity index (χ2n) is 6.38. The van der Waals surface area contributed by atoms with Crippen LogP contribution in [-0.4, -0.2) is 42.2 Å². The number of thioether (sulfide) groups is 1. The molecular weight excluding hydrogens is 300 g/mol. The van der Waals surface area contributed by atoms with Crippen molar-refractivity contribution in [3.05, 3.63) is 21.4 Å². The number of nitrogens with one attached hydrogen (secondary N) is 1. The summed E-state index contributed by atoms with van der Waals surface area (Å²) in [6, 6.07) is 2.61. The fraction of sp³-hybridized carbons (Fsp3) is 0.688. The van der Waals surface area contributed by atoms with Gasteiger partial charge >= 0.3 is 0 Å². The molecule has 0 bridgehead atoms. The molecule has 4 heterocycles. The van der Waals surface area contributed by atoms with Gasteiger partial charge in [0.1, 0.15) is 0 Å². The fourth-order valence-electron chi connectivity index (χ4n) is 4.17. The van der Waals surface area contributed by atoms with Gasteiger partial charge < -0.3 is 10.2 Å². The van der Waals surface area contributed by atoms with Crippen molar-refractivity contribution in [2.75, 3.05) is 25.4 Å². The summed E-state index contributed by atoms with van der Waals surface area (Å²) in [5, 5.41) is 3.49. The zero-order valence-electron chi connectivity index (χ0n) is 12.4. The molecule has 21 heavy (non-hydrogen) atoms. The van der Waals surface area contributed by atoms with Gasteiger partial charge in [-0.15, -0.1) is 11.3 Å². The molecule has 0 aromatic carbocycles. The Morgan fingerprint density at radius 1 is 1.48 bits per heavy atom. The molecule has 2 fully saturated rings. The number of fused-ring (bicyclic) bond motifs is 2. The molecule has 1 N–H and O–H groups in total. The van der Waals surface area contributed by atoms with Crippen LogP contribution in [-0.2, 0) is 12.2 Å². The number of nitrogens with zero attached hydrogens (tertiary/aromatic N) is 1. The zero-order chi connectivity index (χ0) is 14.4. The van der Waals surface area contributed by atoms with E-state index in [2.05, 4.69) is 23.2 Å². The molecule has 3 nitrogen and oxygen atoms in total. The van der Waals surface area contributed by atoms with Crippen molar-refractivity contribution < 1.29 is 4.79 Å². The first-order valence-corrected chi connectivity index (χ1v) is 9.96. The number of likely N-dealkylation sites (tertiary alicyclic amines) is 1. The maximum absolute atomic E-state index is 13.0. The largest absolute Gasteiger partial charge is 0.334 e. The van der Waals surface area contributed by atoms with Crippen molar-refractivity contribution in [3.8, 4) is 0 Å². The van der Waals surface area contributed by atoms with Gasteiger partial charge in [-0.2, -0.15) is 11.8 Å². The van der Waals surface area contributed by atoms with Gasteiger partial charge in [0.25, 0.3) is 5.91 Å². The highest BCUT2D eigenvalue weighted by Gasteiger charge is 2.45. The van der Waals surface area contributed by atoms with Gasteiger partial charge in [0.05, 0.1) is 4.88 Å². The van der Waals surface area contributed by atoms with Crippen LogP contribution in [0, 0.1) is 11.8 Å². The maximum Gasteiger partial charge on any atom is 0.264 e. The highest BCUT2D eigenvalue weighted by Crippen LogP contribution is 2.37. The predicted molar refractivity (Wildman–Crippen MR) is 89.2 cm³/mol. The van der Waals surface area contributed by atoms with Gasteiger partial charge in [-0.3, -0.25) is 4.79 Å². The lowest BCUT2D eigenvalue weighted by atomic mass is 9.93. The molecule has 3 atom stereocenters. The first-order valence-electron chi connectivity index (χ1n) is 7.99. The highest BCUT2D eigenvalue weighted by atomic mass is 32.2. The summed E-state index contributed by atoms with van der Waals surface area (Å²) < 4.78 is 0. The van der Waals surface area contributed by atoms with Gasteiger partial charge in [-0.25, -0.2) is 0 Å². The summed E-state index contributed by atoms with van der Waals surface area (Å²) in [5.74, 6) is 3.93. The second kappa shape index (κ2) is 5.60. The Bertz CT molecular complexity index is 533. The normalized spacial score (nSPS) is 31.3. The summed E-state index contributed by atoms with van der Waals surface area (Å²) in [4.78, 5) is 17.6. The average molecular weight is 322 g/mol. The molecule has 1 amide bonds. The second-order valence-corrected chi connectivity index (χ2v) is 8.62. The summed E-state index contributed by atoms with van der Waals surface area (Å²) in [7, 11) is 0. The van der Waals surface area contributed by atoms with E-state index in [1.807, 2.05) is 11.8 Å². The van der Waals surface area contributed by atoms with Gasteiger partial charge in [-0.1, -0.05) is 6.92 Å². The Hall–Kier alpha value is -0.520. The van der Waals surface area contributed by atoms with Gasteiger partial charge in [0, 0.05) is 36.3 Å². The number of carbonyl (C=O) groups is 1. The molecule has 1 aromatic heterocycles. The number of rotatable bonds is 2. The van der Waals surface area contributed by atoms with E-state index in [4.69, 9.17) is 0 Å². The van der Waals surface area contributed by atoms with E-state index >= 15 is 0 Å². The number of aryl methyl sites for hydroxylation is 1. The van der Waals surface area contributed by atoms with Crippen LogP contribution in [0.3, 0.4) is 0 Å². The predicted octanol–water partition coefficient (Wildman–Crippen LogP) is 2.61. The fourth-order valence-corrected chi connectivity index (χ4v) is 6.50. The number of hydrogen-bond donors (Lipinski definition) is 1. The third-order valence-corrected chi connectivity index (χ3v) is 7.47. The highest BCUT2D eigenvalue weighted by molar-refractivity contribution is 7.98. The number of carbonyl (C=O) groups excluding carboxylic acids is 1. The molecule has 0 spiro atoms. The van der Waals surface area contributed by atoms with Crippen LogP contribution in [0.15, 0.2) is 6.07 Å². The van der Waals surface area contributed by atoms with Gasteiger partial charge in [-0.05, 0) is 42.1 Å². The van der Waals surface area contributed by atoms with Crippen LogP contribution in [0.2, 0.25) is 0 Å². The average Bonchev–Trinajstić information content (AvgIpc) is 3.19. The van der Waals surface area contributed by atoms with Crippen LogP contribution in [0.25, 0.3) is 0 Å². The monoisotopic (exact) mass is 322 g/mol. The number of hydrogen-bond acceptors (Lipinski definition) is 4. The minimum absolute atomic E-state index is 0.292. The van der Waals surface area contributed by atoms with E-state index in [0.717, 1.165) is 43.1 Å². The molecule has 3 unspecified atom stereocenters. The topological polar surface area (TPSA) is 32.3 Å². The van der Waals surface area contributed by atoms with E-state index in [0.29, 0.717) is 23.8 Å². The quantitative estimate of drug-likeness (QED) is 0.908. The molecule has 4 rings (SSSR count). The van der Waals surface area contributed by atoms with Crippen LogP contribution in [0.1, 0.15) is 33.5 Å². The lowest BCUT2D eigenvalue weighted by molar-refractivity contribution is 0.0716. The molecular formula is C16H22N2OS2. The van der Waals surface area contributed by atoms with Crippen molar-refractivity contribution in [1.29, 1.82) is 0 Å². The van der Waals surface area contributed by atoms with Crippen LogP contribution in [0.4, 0.5) is 0 Å². The summed E-state index contributed by atoms with van der Waals surface area (Å²) in [5.41, 5.74) is 1.41. The number of amides is 1. The third-order valence-electron chi connectivity index (χ3n) is 5.24. The molecule has 1 aromatic rings. The van der Waals surface area contributed by atoms with Crippen LogP contribution >= 0.6 is 23.1 Å². The minimum Gasteiger partial charge on any atom is -0.334 e. The zero-order valence-corrected chi connectivity index (χ0v) is 14.1. The van der Waals surface area contributed by atoms with E-state index in [9.17, 15) is 4.79 Å². The van der Waals surface area contributed by atoms with Crippen molar-refractivity contribution in [3.63, 3.8) is 0 Å². The molecule has 0 aliphatic carbocycles. The molecule has 5 heteroatoms.